The topological polar surface area (TPSA) is 84.6 Å². The van der Waals surface area contributed by atoms with E-state index in [9.17, 15) is 4.79 Å². The molecule has 1 rings (SSSR count). The highest BCUT2D eigenvalue weighted by Crippen LogP contribution is 2.23. The lowest BCUT2D eigenvalue weighted by Gasteiger charge is -2.06. The normalized spacial score (nSPS) is 9.31. The Morgan fingerprint density at radius 1 is 1.62 bits per heavy atom. The van der Waals surface area contributed by atoms with Gasteiger partial charge in [0, 0.05) is 6.07 Å². The number of nitrogens with two attached hydrogens (primary N) is 1. The van der Waals surface area contributed by atoms with E-state index in [0.717, 1.165) is 0 Å². The van der Waals surface area contributed by atoms with Crippen molar-refractivity contribution < 1.29 is 14.6 Å². The second-order valence-electron chi connectivity index (χ2n) is 2.39. The predicted molar refractivity (Wildman–Crippen MR) is 48.5 cm³/mol. The molecule has 0 fully saturated rings. The molecule has 0 atom stereocenters. The predicted octanol–water partition coefficient (Wildman–Crippen LogP) is 1.15. The Labute approximate surface area is 75.1 Å². The molecule has 0 aliphatic carbocycles. The molecular formula is C8H10N2O3. The van der Waals surface area contributed by atoms with Crippen molar-refractivity contribution in [2.75, 3.05) is 18.2 Å². The van der Waals surface area contributed by atoms with E-state index in [1.807, 2.05) is 0 Å². The number of aromatic hydroxyl groups is 1. The summed E-state index contributed by atoms with van der Waals surface area (Å²) < 4.78 is 4.37. The van der Waals surface area contributed by atoms with Crippen LogP contribution in [0.4, 0.5) is 16.2 Å². The first-order chi connectivity index (χ1) is 6.13. The van der Waals surface area contributed by atoms with E-state index in [0.29, 0.717) is 5.69 Å². The molecule has 5 nitrogen and oxygen atoms in total. The van der Waals surface area contributed by atoms with E-state index in [2.05, 4.69) is 10.1 Å². The molecule has 0 unspecified atom stereocenters. The highest BCUT2D eigenvalue weighted by atomic mass is 16.5. The number of rotatable bonds is 1. The fourth-order valence-corrected chi connectivity index (χ4v) is 0.825. The van der Waals surface area contributed by atoms with Gasteiger partial charge in [0.2, 0.25) is 0 Å². The van der Waals surface area contributed by atoms with Gasteiger partial charge in [0.05, 0.1) is 18.5 Å². The number of hydrogen-bond donors (Lipinski definition) is 3. The quantitative estimate of drug-likeness (QED) is 0.449. The smallest absolute Gasteiger partial charge is 0.411 e. The van der Waals surface area contributed by atoms with Gasteiger partial charge in [-0.1, -0.05) is 0 Å². The van der Waals surface area contributed by atoms with Crippen LogP contribution < -0.4 is 11.1 Å². The number of phenolic OH excluding ortho intramolecular Hbond substituents is 1. The number of benzene rings is 1. The van der Waals surface area contributed by atoms with Crippen LogP contribution in [-0.4, -0.2) is 18.3 Å². The van der Waals surface area contributed by atoms with Crippen LogP contribution >= 0.6 is 0 Å². The lowest BCUT2D eigenvalue weighted by molar-refractivity contribution is 0.187. The lowest BCUT2D eigenvalue weighted by atomic mass is 10.2. The molecule has 0 saturated carbocycles. The van der Waals surface area contributed by atoms with Crippen molar-refractivity contribution in [3.05, 3.63) is 18.2 Å². The number of methoxy groups -OCH3 is 1. The fraction of sp³-hybridized carbons (Fsp3) is 0.125. The second-order valence-corrected chi connectivity index (χ2v) is 2.39. The highest BCUT2D eigenvalue weighted by Gasteiger charge is 2.04. The van der Waals surface area contributed by atoms with Crippen molar-refractivity contribution in [3.63, 3.8) is 0 Å². The average molecular weight is 182 g/mol. The molecule has 0 radical (unpaired) electrons. The van der Waals surface area contributed by atoms with Crippen LogP contribution in [0.15, 0.2) is 18.2 Å². The maximum absolute atomic E-state index is 10.8. The Morgan fingerprint density at radius 2 is 2.31 bits per heavy atom. The number of nitrogens with one attached hydrogen (secondary N) is 1. The minimum atomic E-state index is -0.600. The van der Waals surface area contributed by atoms with Gasteiger partial charge in [0.25, 0.3) is 0 Å². The third kappa shape index (κ3) is 2.26. The number of ether oxygens (including phenoxy) is 1. The summed E-state index contributed by atoms with van der Waals surface area (Å²) >= 11 is 0. The van der Waals surface area contributed by atoms with Gasteiger partial charge in [-0.2, -0.15) is 0 Å². The lowest BCUT2D eigenvalue weighted by Crippen LogP contribution is -2.12. The third-order valence-electron chi connectivity index (χ3n) is 1.46. The van der Waals surface area contributed by atoms with Gasteiger partial charge in [-0.3, -0.25) is 5.32 Å². The van der Waals surface area contributed by atoms with Crippen LogP contribution in [-0.2, 0) is 4.74 Å². The number of carbonyl (C=O) groups excluding carboxylic acids is 1. The van der Waals surface area contributed by atoms with Gasteiger partial charge < -0.3 is 15.6 Å². The number of carbonyl (C=O) groups is 1. The summed E-state index contributed by atoms with van der Waals surface area (Å²) in [5, 5.41) is 11.4. The maximum atomic E-state index is 10.8. The molecule has 0 aromatic heterocycles. The zero-order valence-electron chi connectivity index (χ0n) is 7.07. The van der Waals surface area contributed by atoms with E-state index in [-0.39, 0.29) is 11.4 Å². The minimum Gasteiger partial charge on any atom is -0.508 e. The third-order valence-corrected chi connectivity index (χ3v) is 1.46. The summed E-state index contributed by atoms with van der Waals surface area (Å²) in [4.78, 5) is 10.8. The molecule has 1 aromatic rings. The van der Waals surface area contributed by atoms with Gasteiger partial charge >= 0.3 is 6.09 Å². The zero-order chi connectivity index (χ0) is 9.84. The number of phenols is 1. The minimum absolute atomic E-state index is 0.0490. The molecule has 0 aliphatic rings. The Morgan fingerprint density at radius 3 is 2.85 bits per heavy atom. The van der Waals surface area contributed by atoms with Crippen LogP contribution in [0.5, 0.6) is 5.75 Å². The molecular weight excluding hydrogens is 172 g/mol. The number of anilines is 2. The van der Waals surface area contributed by atoms with Crippen molar-refractivity contribution in [2.24, 2.45) is 0 Å². The van der Waals surface area contributed by atoms with Crippen molar-refractivity contribution in [2.45, 2.75) is 0 Å². The van der Waals surface area contributed by atoms with E-state index < -0.39 is 6.09 Å². The van der Waals surface area contributed by atoms with Crippen LogP contribution in [0.25, 0.3) is 0 Å². The van der Waals surface area contributed by atoms with Crippen LogP contribution in [0.1, 0.15) is 0 Å². The largest absolute Gasteiger partial charge is 0.508 e. The van der Waals surface area contributed by atoms with Crippen molar-refractivity contribution >= 4 is 17.5 Å². The van der Waals surface area contributed by atoms with Gasteiger partial charge in [-0.15, -0.1) is 0 Å². The standard InChI is InChI=1S/C8H10N2O3/c1-13-8(12)10-7-3-2-5(11)4-6(7)9/h2-4,11H,9H2,1H3,(H,10,12). The molecule has 4 N–H and O–H groups in total. The summed E-state index contributed by atoms with van der Waals surface area (Å²) in [5.74, 6) is 0.0490. The monoisotopic (exact) mass is 182 g/mol. The summed E-state index contributed by atoms with van der Waals surface area (Å²) in [6, 6.07) is 4.24. The van der Waals surface area contributed by atoms with Gasteiger partial charge in [0.1, 0.15) is 5.75 Å². The van der Waals surface area contributed by atoms with E-state index in [1.54, 1.807) is 0 Å². The first kappa shape index (κ1) is 9.18. The van der Waals surface area contributed by atoms with E-state index in [1.165, 1.54) is 25.3 Å². The number of nitrogen functional groups attached to an aromatic ring is 1. The Bertz CT molecular complexity index is 325. The fourth-order valence-electron chi connectivity index (χ4n) is 0.825. The first-order valence-corrected chi connectivity index (χ1v) is 3.57. The van der Waals surface area contributed by atoms with Crippen LogP contribution in [0, 0.1) is 0 Å². The first-order valence-electron chi connectivity index (χ1n) is 3.57. The van der Waals surface area contributed by atoms with Gasteiger partial charge in [-0.25, -0.2) is 4.79 Å². The summed E-state index contributed by atoms with van der Waals surface area (Å²) in [7, 11) is 1.26. The summed E-state index contributed by atoms with van der Waals surface area (Å²) in [6.07, 6.45) is -0.600. The Hall–Kier alpha value is -1.91. The Kier molecular flexibility index (Phi) is 2.59. The van der Waals surface area contributed by atoms with E-state index >= 15 is 0 Å². The second kappa shape index (κ2) is 3.66. The SMILES string of the molecule is COC(=O)Nc1ccc(O)cc1N. The van der Waals surface area contributed by atoms with Crippen molar-refractivity contribution in [1.29, 1.82) is 0 Å². The maximum Gasteiger partial charge on any atom is 0.411 e. The van der Waals surface area contributed by atoms with Crippen molar-refractivity contribution in [1.82, 2.24) is 0 Å². The molecule has 0 spiro atoms. The molecule has 0 saturated heterocycles. The molecule has 5 heteroatoms. The molecule has 0 aliphatic heterocycles. The van der Waals surface area contributed by atoms with E-state index in [4.69, 9.17) is 10.8 Å². The number of amides is 1. The number of hydrogen-bond acceptors (Lipinski definition) is 4. The molecule has 0 heterocycles. The molecule has 1 aromatic carbocycles. The van der Waals surface area contributed by atoms with Crippen molar-refractivity contribution in [3.8, 4) is 5.75 Å². The average Bonchev–Trinajstić information content (AvgIpc) is 2.09. The highest BCUT2D eigenvalue weighted by molar-refractivity contribution is 5.89. The summed E-state index contributed by atoms with van der Waals surface area (Å²) in [5.41, 5.74) is 6.18. The van der Waals surface area contributed by atoms with Crippen LogP contribution in [0.3, 0.4) is 0 Å². The zero-order valence-corrected chi connectivity index (χ0v) is 7.07. The van der Waals surface area contributed by atoms with Crippen LogP contribution in [0.2, 0.25) is 0 Å². The Balaban J connectivity index is 2.83. The van der Waals surface area contributed by atoms with Gasteiger partial charge in [0.15, 0.2) is 0 Å². The summed E-state index contributed by atoms with van der Waals surface area (Å²) in [6.45, 7) is 0. The molecule has 70 valence electrons. The molecule has 1 amide bonds. The molecule has 0 bridgehead atoms. The molecule has 13 heavy (non-hydrogen) atoms. The van der Waals surface area contributed by atoms with Gasteiger partial charge in [-0.05, 0) is 12.1 Å².